The summed E-state index contributed by atoms with van der Waals surface area (Å²) in [5, 5.41) is 12.5. The number of hydrogen-bond acceptors (Lipinski definition) is 3. The summed E-state index contributed by atoms with van der Waals surface area (Å²) in [4.78, 5) is 12.1. The summed E-state index contributed by atoms with van der Waals surface area (Å²) in [5.41, 5.74) is 1.45. The number of rotatable bonds is 5. The molecular weight excluding hydrogens is 290 g/mol. The highest BCUT2D eigenvalue weighted by atomic mass is 35.5. The molecule has 21 heavy (non-hydrogen) atoms. The third kappa shape index (κ3) is 4.13. The summed E-state index contributed by atoms with van der Waals surface area (Å²) in [6, 6.07) is 11.8. The van der Waals surface area contributed by atoms with Crippen molar-refractivity contribution in [3.63, 3.8) is 0 Å². The smallest absolute Gasteiger partial charge is 0.255 e. The van der Waals surface area contributed by atoms with Crippen LogP contribution in [0.1, 0.15) is 15.9 Å². The molecule has 110 valence electrons. The average Bonchev–Trinajstić information content (AvgIpc) is 2.49. The van der Waals surface area contributed by atoms with Gasteiger partial charge in [-0.25, -0.2) is 0 Å². The van der Waals surface area contributed by atoms with Gasteiger partial charge in [0.2, 0.25) is 0 Å². The zero-order valence-corrected chi connectivity index (χ0v) is 12.4. The number of methoxy groups -OCH3 is 1. The Balaban J connectivity index is 1.95. The van der Waals surface area contributed by atoms with Crippen LogP contribution in [-0.2, 0) is 6.42 Å². The number of ether oxygens (including phenoxy) is 1. The predicted molar refractivity (Wildman–Crippen MR) is 82.1 cm³/mol. The van der Waals surface area contributed by atoms with Gasteiger partial charge in [-0.15, -0.1) is 0 Å². The van der Waals surface area contributed by atoms with E-state index in [0.717, 1.165) is 5.56 Å². The molecule has 0 saturated carbocycles. The van der Waals surface area contributed by atoms with Crippen LogP contribution in [0.5, 0.6) is 11.5 Å². The second-order valence-corrected chi connectivity index (χ2v) is 4.95. The molecule has 0 spiro atoms. The number of phenolic OH excluding ortho intramolecular Hbond substituents is 1. The van der Waals surface area contributed by atoms with E-state index in [1.165, 1.54) is 7.11 Å². The second kappa shape index (κ2) is 6.99. The molecule has 5 heteroatoms. The number of benzene rings is 2. The lowest BCUT2D eigenvalue weighted by Gasteiger charge is -2.10. The van der Waals surface area contributed by atoms with E-state index < -0.39 is 0 Å². The molecule has 0 fully saturated rings. The molecule has 2 aromatic carbocycles. The first-order valence-corrected chi connectivity index (χ1v) is 6.87. The highest BCUT2D eigenvalue weighted by molar-refractivity contribution is 6.31. The van der Waals surface area contributed by atoms with Crippen LogP contribution >= 0.6 is 11.6 Å². The van der Waals surface area contributed by atoms with Crippen LogP contribution in [0, 0.1) is 0 Å². The Hall–Kier alpha value is -2.20. The number of nitrogens with one attached hydrogen (secondary N) is 1. The van der Waals surface area contributed by atoms with Crippen LogP contribution in [0.4, 0.5) is 0 Å². The molecular formula is C16H16ClNO3. The quantitative estimate of drug-likeness (QED) is 0.892. The van der Waals surface area contributed by atoms with E-state index in [1.807, 2.05) is 12.1 Å². The Bertz CT molecular complexity index is 626. The summed E-state index contributed by atoms with van der Waals surface area (Å²) in [6.07, 6.45) is 0.675. The van der Waals surface area contributed by atoms with Crippen molar-refractivity contribution < 1.29 is 14.6 Å². The lowest BCUT2D eigenvalue weighted by molar-refractivity contribution is 0.0951. The fourth-order valence-corrected chi connectivity index (χ4v) is 2.11. The van der Waals surface area contributed by atoms with Crippen LogP contribution in [0.3, 0.4) is 0 Å². The number of aromatic hydroxyl groups is 1. The third-order valence-corrected chi connectivity index (χ3v) is 3.28. The molecule has 0 aromatic heterocycles. The first kappa shape index (κ1) is 15.2. The maximum atomic E-state index is 12.1. The molecule has 4 nitrogen and oxygen atoms in total. The molecule has 0 aliphatic carbocycles. The second-order valence-electron chi connectivity index (χ2n) is 4.52. The van der Waals surface area contributed by atoms with E-state index in [4.69, 9.17) is 16.3 Å². The summed E-state index contributed by atoms with van der Waals surface area (Å²) in [7, 11) is 1.51. The van der Waals surface area contributed by atoms with Gasteiger partial charge in [0.15, 0.2) is 0 Å². The molecule has 0 radical (unpaired) electrons. The predicted octanol–water partition coefficient (Wildman–Crippen LogP) is 3.03. The Morgan fingerprint density at radius 2 is 1.95 bits per heavy atom. The molecule has 2 N–H and O–H groups in total. The van der Waals surface area contributed by atoms with E-state index in [-0.39, 0.29) is 11.7 Å². The van der Waals surface area contributed by atoms with Crippen molar-refractivity contribution >= 4 is 17.5 Å². The first-order chi connectivity index (χ1) is 10.1. The molecule has 2 aromatic rings. The van der Waals surface area contributed by atoms with Gasteiger partial charge < -0.3 is 15.2 Å². The van der Waals surface area contributed by atoms with Gasteiger partial charge in [-0.05, 0) is 42.3 Å². The van der Waals surface area contributed by atoms with Crippen molar-refractivity contribution in [1.82, 2.24) is 5.32 Å². The van der Waals surface area contributed by atoms with Crippen molar-refractivity contribution in [2.24, 2.45) is 0 Å². The minimum absolute atomic E-state index is 0.228. The normalized spacial score (nSPS) is 10.2. The number of carbonyl (C=O) groups excluding carboxylic acids is 1. The van der Waals surface area contributed by atoms with Gasteiger partial charge in [0.25, 0.3) is 5.91 Å². The van der Waals surface area contributed by atoms with Gasteiger partial charge in [0.05, 0.1) is 12.7 Å². The number of hydrogen-bond donors (Lipinski definition) is 2. The first-order valence-electron chi connectivity index (χ1n) is 6.50. The minimum Gasteiger partial charge on any atom is -0.508 e. The van der Waals surface area contributed by atoms with Gasteiger partial charge in [0.1, 0.15) is 11.5 Å². The van der Waals surface area contributed by atoms with Gasteiger partial charge in [0, 0.05) is 11.6 Å². The maximum absolute atomic E-state index is 12.1. The van der Waals surface area contributed by atoms with Crippen LogP contribution in [-0.4, -0.2) is 24.7 Å². The molecule has 0 unspecified atom stereocenters. The monoisotopic (exact) mass is 305 g/mol. The van der Waals surface area contributed by atoms with Crippen molar-refractivity contribution in [3.05, 3.63) is 58.6 Å². The topological polar surface area (TPSA) is 58.6 Å². The van der Waals surface area contributed by atoms with E-state index in [1.54, 1.807) is 30.3 Å². The summed E-state index contributed by atoms with van der Waals surface area (Å²) >= 11 is 5.90. The number of carbonyl (C=O) groups is 1. The van der Waals surface area contributed by atoms with Crippen molar-refractivity contribution in [3.8, 4) is 11.5 Å². The van der Waals surface area contributed by atoms with Crippen LogP contribution < -0.4 is 10.1 Å². The fourth-order valence-electron chi connectivity index (χ4n) is 1.94. The maximum Gasteiger partial charge on any atom is 0.255 e. The highest BCUT2D eigenvalue weighted by Crippen LogP contribution is 2.22. The summed E-state index contributed by atoms with van der Waals surface area (Å²) in [6.45, 7) is 0.485. The van der Waals surface area contributed by atoms with E-state index in [2.05, 4.69) is 5.32 Å². The molecule has 1 amide bonds. The Kier molecular flexibility index (Phi) is 5.06. The van der Waals surface area contributed by atoms with Gasteiger partial charge >= 0.3 is 0 Å². The Morgan fingerprint density at radius 3 is 2.62 bits per heavy atom. The highest BCUT2D eigenvalue weighted by Gasteiger charge is 2.12. The van der Waals surface area contributed by atoms with Gasteiger partial charge in [-0.3, -0.25) is 4.79 Å². The van der Waals surface area contributed by atoms with Crippen molar-refractivity contribution in [2.45, 2.75) is 6.42 Å². The van der Waals surface area contributed by atoms with Crippen molar-refractivity contribution in [2.75, 3.05) is 13.7 Å². The zero-order chi connectivity index (χ0) is 15.2. The Morgan fingerprint density at radius 1 is 1.24 bits per heavy atom. The average molecular weight is 306 g/mol. The standard InChI is InChI=1S/C16H16ClNO3/c1-21-15-7-4-12(17)10-14(15)16(20)18-9-8-11-2-5-13(19)6-3-11/h2-7,10,19H,8-9H2,1H3,(H,18,20). The molecule has 0 aliphatic rings. The SMILES string of the molecule is COc1ccc(Cl)cc1C(=O)NCCc1ccc(O)cc1. The zero-order valence-electron chi connectivity index (χ0n) is 11.6. The van der Waals surface area contributed by atoms with E-state index >= 15 is 0 Å². The van der Waals surface area contributed by atoms with Gasteiger partial charge in [-0.1, -0.05) is 23.7 Å². The van der Waals surface area contributed by atoms with Crippen LogP contribution in [0.25, 0.3) is 0 Å². The largest absolute Gasteiger partial charge is 0.508 e. The molecule has 0 heterocycles. The molecule has 0 saturated heterocycles. The fraction of sp³-hybridized carbons (Fsp3) is 0.188. The summed E-state index contributed by atoms with van der Waals surface area (Å²) in [5.74, 6) is 0.487. The minimum atomic E-state index is -0.229. The molecule has 0 atom stereocenters. The molecule has 0 bridgehead atoms. The molecule has 2 rings (SSSR count). The third-order valence-electron chi connectivity index (χ3n) is 3.04. The van der Waals surface area contributed by atoms with Gasteiger partial charge in [-0.2, -0.15) is 0 Å². The number of amides is 1. The Labute approximate surface area is 128 Å². The van der Waals surface area contributed by atoms with E-state index in [9.17, 15) is 9.90 Å². The van der Waals surface area contributed by atoms with Crippen molar-refractivity contribution in [1.29, 1.82) is 0 Å². The summed E-state index contributed by atoms with van der Waals surface area (Å²) < 4.78 is 5.15. The lowest BCUT2D eigenvalue weighted by atomic mass is 10.1. The molecule has 0 aliphatic heterocycles. The van der Waals surface area contributed by atoms with E-state index in [0.29, 0.717) is 29.3 Å². The van der Waals surface area contributed by atoms with Crippen LogP contribution in [0.15, 0.2) is 42.5 Å². The van der Waals surface area contributed by atoms with Crippen LogP contribution in [0.2, 0.25) is 5.02 Å². The lowest BCUT2D eigenvalue weighted by Crippen LogP contribution is -2.26. The number of phenols is 1. The number of halogens is 1.